The van der Waals surface area contributed by atoms with Crippen LogP contribution in [0.5, 0.6) is 5.75 Å². The zero-order valence-corrected chi connectivity index (χ0v) is 21.8. The number of benzene rings is 3. The smallest absolute Gasteiger partial charge is 0.243 e. The second-order valence-electron chi connectivity index (χ2n) is 9.23. The molecule has 0 aliphatic carbocycles. The molecule has 0 bridgehead atoms. The number of ether oxygens (including phenoxy) is 1. The fourth-order valence-electron chi connectivity index (χ4n) is 4.69. The van der Waals surface area contributed by atoms with Gasteiger partial charge < -0.3 is 9.64 Å². The van der Waals surface area contributed by atoms with Crippen LogP contribution in [0.4, 0.5) is 0 Å². The highest BCUT2D eigenvalue weighted by atomic mass is 32.2. The Balaban J connectivity index is 1.53. The average Bonchev–Trinajstić information content (AvgIpc) is 2.90. The third-order valence-electron chi connectivity index (χ3n) is 6.56. The van der Waals surface area contributed by atoms with Crippen molar-refractivity contribution in [3.63, 3.8) is 0 Å². The van der Waals surface area contributed by atoms with Gasteiger partial charge in [-0.1, -0.05) is 60.7 Å². The van der Waals surface area contributed by atoms with E-state index in [1.807, 2.05) is 79.4 Å². The number of hydrogen-bond acceptors (Lipinski definition) is 4. The lowest BCUT2D eigenvalue weighted by Crippen LogP contribution is -2.46. The summed E-state index contributed by atoms with van der Waals surface area (Å²) in [5.41, 5.74) is 2.87. The number of rotatable bonds is 9. The number of carbonyl (C=O) groups excluding carboxylic acids is 1. The lowest BCUT2D eigenvalue weighted by atomic mass is 9.97. The van der Waals surface area contributed by atoms with E-state index < -0.39 is 10.0 Å². The Labute approximate surface area is 214 Å². The Kier molecular flexibility index (Phi) is 8.44. The molecular weight excluding hydrogens is 472 g/mol. The Morgan fingerprint density at radius 2 is 1.58 bits per heavy atom. The van der Waals surface area contributed by atoms with Crippen LogP contribution in [-0.2, 0) is 27.9 Å². The van der Waals surface area contributed by atoms with E-state index in [0.29, 0.717) is 44.8 Å². The molecule has 0 aromatic heterocycles. The molecule has 7 heteroatoms. The largest absolute Gasteiger partial charge is 0.494 e. The molecule has 1 fully saturated rings. The molecule has 1 heterocycles. The summed E-state index contributed by atoms with van der Waals surface area (Å²) in [5, 5.41) is 0. The SMILES string of the molecule is CCOc1ccc(S(=O)(=O)N2CCC[C@H](C(=O)N(Cc3ccccc3)Cc3ccccc3)C2)cc1C. The molecule has 36 heavy (non-hydrogen) atoms. The van der Waals surface area contributed by atoms with E-state index >= 15 is 0 Å². The van der Waals surface area contributed by atoms with Gasteiger partial charge in [0, 0.05) is 26.2 Å². The summed E-state index contributed by atoms with van der Waals surface area (Å²) in [5.74, 6) is 0.288. The first-order chi connectivity index (χ1) is 17.4. The predicted molar refractivity (Wildman–Crippen MR) is 141 cm³/mol. The summed E-state index contributed by atoms with van der Waals surface area (Å²) < 4.78 is 34.0. The minimum absolute atomic E-state index is 0.00881. The van der Waals surface area contributed by atoms with E-state index in [0.717, 1.165) is 16.7 Å². The Morgan fingerprint density at radius 3 is 2.14 bits per heavy atom. The van der Waals surface area contributed by atoms with Crippen molar-refractivity contribution in [2.45, 2.75) is 44.7 Å². The minimum atomic E-state index is -3.72. The second kappa shape index (κ2) is 11.7. The van der Waals surface area contributed by atoms with Crippen LogP contribution >= 0.6 is 0 Å². The summed E-state index contributed by atoms with van der Waals surface area (Å²) in [6, 6.07) is 24.8. The van der Waals surface area contributed by atoms with Crippen molar-refractivity contribution in [2.24, 2.45) is 5.92 Å². The molecule has 1 aliphatic heterocycles. The van der Waals surface area contributed by atoms with Gasteiger partial charge in [-0.15, -0.1) is 0 Å². The Bertz CT molecular complexity index is 1220. The molecule has 4 rings (SSSR count). The van der Waals surface area contributed by atoms with Gasteiger partial charge in [0.25, 0.3) is 0 Å². The highest BCUT2D eigenvalue weighted by molar-refractivity contribution is 7.89. The monoisotopic (exact) mass is 506 g/mol. The normalized spacial score (nSPS) is 16.4. The zero-order valence-electron chi connectivity index (χ0n) is 21.0. The molecule has 190 valence electrons. The van der Waals surface area contributed by atoms with Crippen molar-refractivity contribution in [3.8, 4) is 5.75 Å². The van der Waals surface area contributed by atoms with Gasteiger partial charge in [-0.25, -0.2) is 8.42 Å². The van der Waals surface area contributed by atoms with Crippen LogP contribution in [0.1, 0.15) is 36.5 Å². The summed E-state index contributed by atoms with van der Waals surface area (Å²) in [6.45, 7) is 5.83. The van der Waals surface area contributed by atoms with Crippen LogP contribution in [-0.4, -0.2) is 43.2 Å². The summed E-state index contributed by atoms with van der Waals surface area (Å²) >= 11 is 0. The molecule has 0 unspecified atom stereocenters. The molecule has 1 amide bonds. The Morgan fingerprint density at radius 1 is 0.972 bits per heavy atom. The number of sulfonamides is 1. The van der Waals surface area contributed by atoms with Crippen LogP contribution < -0.4 is 4.74 Å². The molecule has 0 radical (unpaired) electrons. The van der Waals surface area contributed by atoms with E-state index in [9.17, 15) is 13.2 Å². The third-order valence-corrected chi connectivity index (χ3v) is 8.42. The first kappa shape index (κ1) is 25.9. The van der Waals surface area contributed by atoms with Crippen molar-refractivity contribution in [1.29, 1.82) is 0 Å². The topological polar surface area (TPSA) is 66.9 Å². The summed E-state index contributed by atoms with van der Waals surface area (Å²) in [4.78, 5) is 15.9. The van der Waals surface area contributed by atoms with E-state index in [2.05, 4.69) is 0 Å². The molecule has 0 saturated carbocycles. The molecule has 3 aromatic carbocycles. The number of piperidine rings is 1. The molecule has 3 aromatic rings. The second-order valence-corrected chi connectivity index (χ2v) is 11.2. The lowest BCUT2D eigenvalue weighted by molar-refractivity contribution is -0.138. The van der Waals surface area contributed by atoms with E-state index in [1.165, 1.54) is 4.31 Å². The first-order valence-corrected chi connectivity index (χ1v) is 13.9. The lowest BCUT2D eigenvalue weighted by Gasteiger charge is -2.34. The van der Waals surface area contributed by atoms with Gasteiger partial charge in [-0.2, -0.15) is 4.31 Å². The van der Waals surface area contributed by atoms with Crippen LogP contribution in [0.2, 0.25) is 0 Å². The van der Waals surface area contributed by atoms with E-state index in [1.54, 1.807) is 18.2 Å². The fraction of sp³-hybridized carbons (Fsp3) is 0.345. The number of hydrogen-bond donors (Lipinski definition) is 0. The van der Waals surface area contributed by atoms with Gasteiger partial charge in [0.05, 0.1) is 17.4 Å². The quantitative estimate of drug-likeness (QED) is 0.409. The Hall–Kier alpha value is -3.16. The number of amides is 1. The standard InChI is InChI=1S/C29H34N2O4S/c1-3-35-28-17-16-27(19-23(28)2)36(33,34)31-18-10-15-26(22-31)29(32)30(20-24-11-6-4-7-12-24)21-25-13-8-5-9-14-25/h4-9,11-14,16-17,19,26H,3,10,15,18,20-22H2,1-2H3/t26-/m0/s1. The maximum Gasteiger partial charge on any atom is 0.243 e. The minimum Gasteiger partial charge on any atom is -0.494 e. The molecular formula is C29H34N2O4S. The fourth-order valence-corrected chi connectivity index (χ4v) is 6.30. The summed E-state index contributed by atoms with van der Waals surface area (Å²) in [6.07, 6.45) is 1.32. The summed E-state index contributed by atoms with van der Waals surface area (Å²) in [7, 11) is -3.72. The third kappa shape index (κ3) is 6.15. The molecule has 6 nitrogen and oxygen atoms in total. The van der Waals surface area contributed by atoms with Crippen molar-refractivity contribution >= 4 is 15.9 Å². The van der Waals surface area contributed by atoms with Crippen LogP contribution in [0.25, 0.3) is 0 Å². The maximum absolute atomic E-state index is 13.8. The molecule has 0 N–H and O–H groups in total. The molecule has 0 spiro atoms. The number of nitrogens with zero attached hydrogens (tertiary/aromatic N) is 2. The average molecular weight is 507 g/mol. The number of aryl methyl sites for hydroxylation is 1. The molecule has 1 aliphatic rings. The van der Waals surface area contributed by atoms with Gasteiger partial charge in [0.1, 0.15) is 5.75 Å². The predicted octanol–water partition coefficient (Wildman–Crippen LogP) is 5.02. The van der Waals surface area contributed by atoms with Gasteiger partial charge in [0.15, 0.2) is 0 Å². The van der Waals surface area contributed by atoms with Gasteiger partial charge in [-0.05, 0) is 61.6 Å². The van der Waals surface area contributed by atoms with Crippen molar-refractivity contribution in [3.05, 3.63) is 95.6 Å². The van der Waals surface area contributed by atoms with Crippen molar-refractivity contribution < 1.29 is 17.9 Å². The highest BCUT2D eigenvalue weighted by Gasteiger charge is 2.35. The van der Waals surface area contributed by atoms with Gasteiger partial charge in [-0.3, -0.25) is 4.79 Å². The number of carbonyl (C=O) groups is 1. The van der Waals surface area contributed by atoms with Crippen molar-refractivity contribution in [1.82, 2.24) is 9.21 Å². The van der Waals surface area contributed by atoms with Crippen LogP contribution in [0.15, 0.2) is 83.8 Å². The highest BCUT2D eigenvalue weighted by Crippen LogP contribution is 2.28. The van der Waals surface area contributed by atoms with E-state index in [4.69, 9.17) is 4.74 Å². The van der Waals surface area contributed by atoms with E-state index in [-0.39, 0.29) is 23.3 Å². The van der Waals surface area contributed by atoms with Crippen LogP contribution in [0, 0.1) is 12.8 Å². The zero-order chi connectivity index (χ0) is 25.5. The molecule has 1 saturated heterocycles. The van der Waals surface area contributed by atoms with Crippen LogP contribution in [0.3, 0.4) is 0 Å². The van der Waals surface area contributed by atoms with Gasteiger partial charge in [0.2, 0.25) is 15.9 Å². The van der Waals surface area contributed by atoms with Gasteiger partial charge >= 0.3 is 0 Å². The first-order valence-electron chi connectivity index (χ1n) is 12.5. The molecule has 1 atom stereocenters. The maximum atomic E-state index is 13.8. The van der Waals surface area contributed by atoms with Crippen molar-refractivity contribution in [2.75, 3.05) is 19.7 Å².